The van der Waals surface area contributed by atoms with Crippen molar-refractivity contribution in [2.45, 2.75) is 38.5 Å². The highest BCUT2D eigenvalue weighted by molar-refractivity contribution is 7.90. The predicted molar refractivity (Wildman–Crippen MR) is 105 cm³/mol. The maximum Gasteiger partial charge on any atom is 0.303 e. The van der Waals surface area contributed by atoms with Gasteiger partial charge in [-0.05, 0) is 51.0 Å². The fraction of sp³-hybridized carbons (Fsp3) is 0.316. The highest BCUT2D eigenvalue weighted by Crippen LogP contribution is 2.33. The summed E-state index contributed by atoms with van der Waals surface area (Å²) < 4.78 is 33.4. The molecule has 8 heteroatoms. The van der Waals surface area contributed by atoms with Crippen LogP contribution in [0, 0.1) is 13.8 Å². The number of fused-ring (bicyclic) bond motifs is 1. The summed E-state index contributed by atoms with van der Waals surface area (Å²) in [6, 6.07) is 6.92. The molecular weight excluding hydrogens is 386 g/mol. The standard InChI is InChI=1S/C19H21NO5S2/c1-4-25-15-6-7-16-14(5-8-19(21)22)11-20(17(16)10-15)27(23,24)18-9-12(2)26-13(18)3/h6-7,9-11H,4-5,8H2,1-3H3,(H,21,22). The number of rotatable bonds is 7. The minimum atomic E-state index is -3.80. The van der Waals surface area contributed by atoms with Gasteiger partial charge in [0.25, 0.3) is 10.0 Å². The van der Waals surface area contributed by atoms with E-state index in [9.17, 15) is 13.2 Å². The Hall–Kier alpha value is -2.32. The van der Waals surface area contributed by atoms with Gasteiger partial charge in [0.1, 0.15) is 10.6 Å². The first-order valence-electron chi connectivity index (χ1n) is 8.55. The summed E-state index contributed by atoms with van der Waals surface area (Å²) in [5.74, 6) is -0.350. The molecule has 0 aliphatic rings. The Morgan fingerprint density at radius 1 is 1.26 bits per heavy atom. The van der Waals surface area contributed by atoms with E-state index in [0.717, 1.165) is 9.75 Å². The second-order valence-corrected chi connectivity index (χ2v) is 9.48. The van der Waals surface area contributed by atoms with E-state index in [-0.39, 0.29) is 17.7 Å². The zero-order valence-electron chi connectivity index (χ0n) is 15.4. The first-order valence-corrected chi connectivity index (χ1v) is 10.8. The average molecular weight is 408 g/mol. The van der Waals surface area contributed by atoms with Crippen LogP contribution < -0.4 is 4.74 Å². The fourth-order valence-electron chi connectivity index (χ4n) is 3.11. The van der Waals surface area contributed by atoms with Gasteiger partial charge in [0.2, 0.25) is 0 Å². The van der Waals surface area contributed by atoms with Gasteiger partial charge in [-0.3, -0.25) is 4.79 Å². The van der Waals surface area contributed by atoms with Crippen molar-refractivity contribution in [2.75, 3.05) is 6.61 Å². The third-order valence-electron chi connectivity index (χ3n) is 4.28. The Labute approximate surface area is 162 Å². The quantitative estimate of drug-likeness (QED) is 0.640. The molecule has 0 spiro atoms. The lowest BCUT2D eigenvalue weighted by Gasteiger charge is -2.08. The van der Waals surface area contributed by atoms with E-state index in [4.69, 9.17) is 9.84 Å². The lowest BCUT2D eigenvalue weighted by atomic mass is 10.1. The number of hydrogen-bond donors (Lipinski definition) is 1. The Bertz CT molecular complexity index is 1110. The lowest BCUT2D eigenvalue weighted by molar-refractivity contribution is -0.136. The number of thiophene rings is 1. The molecule has 0 aliphatic heterocycles. The summed E-state index contributed by atoms with van der Waals surface area (Å²) in [4.78, 5) is 12.9. The maximum atomic E-state index is 13.3. The second kappa shape index (κ2) is 7.36. The van der Waals surface area contributed by atoms with Crippen molar-refractivity contribution in [3.63, 3.8) is 0 Å². The number of carboxylic acid groups (broad SMARTS) is 1. The molecule has 0 atom stereocenters. The first-order chi connectivity index (χ1) is 12.7. The molecule has 6 nitrogen and oxygen atoms in total. The molecule has 0 aliphatic carbocycles. The first kappa shape index (κ1) is 19.4. The van der Waals surface area contributed by atoms with Gasteiger partial charge in [0.15, 0.2) is 0 Å². The molecule has 3 rings (SSSR count). The number of aromatic nitrogens is 1. The van der Waals surface area contributed by atoms with Crippen molar-refractivity contribution < 1.29 is 23.1 Å². The molecule has 0 radical (unpaired) electrons. The number of aryl methyl sites for hydroxylation is 3. The van der Waals surface area contributed by atoms with Crippen LogP contribution in [0.3, 0.4) is 0 Å². The van der Waals surface area contributed by atoms with E-state index in [1.165, 1.54) is 21.5 Å². The molecule has 144 valence electrons. The monoisotopic (exact) mass is 407 g/mol. The predicted octanol–water partition coefficient (Wildman–Crippen LogP) is 3.97. The van der Waals surface area contributed by atoms with Crippen LogP contribution >= 0.6 is 11.3 Å². The van der Waals surface area contributed by atoms with E-state index in [1.54, 1.807) is 31.2 Å². The van der Waals surface area contributed by atoms with Gasteiger partial charge in [-0.2, -0.15) is 0 Å². The van der Waals surface area contributed by atoms with Crippen LogP contribution in [0.25, 0.3) is 10.9 Å². The van der Waals surface area contributed by atoms with E-state index >= 15 is 0 Å². The van der Waals surface area contributed by atoms with Crippen LogP contribution in [-0.2, 0) is 21.2 Å². The van der Waals surface area contributed by atoms with Crippen LogP contribution in [-0.4, -0.2) is 30.1 Å². The molecule has 1 aromatic carbocycles. The van der Waals surface area contributed by atoms with Gasteiger partial charge in [0.05, 0.1) is 12.1 Å². The minimum absolute atomic E-state index is 0.0665. The summed E-state index contributed by atoms with van der Waals surface area (Å²) in [7, 11) is -3.80. The van der Waals surface area contributed by atoms with Crippen molar-refractivity contribution in [1.29, 1.82) is 0 Å². The Morgan fingerprint density at radius 2 is 2.00 bits per heavy atom. The van der Waals surface area contributed by atoms with Gasteiger partial charge in [-0.15, -0.1) is 11.3 Å². The van der Waals surface area contributed by atoms with E-state index in [2.05, 4.69) is 0 Å². The average Bonchev–Trinajstić information content (AvgIpc) is 3.13. The van der Waals surface area contributed by atoms with E-state index in [1.807, 2.05) is 13.8 Å². The summed E-state index contributed by atoms with van der Waals surface area (Å²) in [5, 5.41) is 9.72. The Morgan fingerprint density at radius 3 is 2.59 bits per heavy atom. The Balaban J connectivity index is 2.22. The normalized spacial score (nSPS) is 11.8. The molecule has 0 fully saturated rings. The fourth-order valence-corrected chi connectivity index (χ4v) is 6.02. The Kier molecular flexibility index (Phi) is 5.30. The van der Waals surface area contributed by atoms with E-state index < -0.39 is 16.0 Å². The van der Waals surface area contributed by atoms with Crippen molar-refractivity contribution in [3.05, 3.63) is 45.8 Å². The number of benzene rings is 1. The van der Waals surface area contributed by atoms with Crippen LogP contribution in [0.15, 0.2) is 35.4 Å². The SMILES string of the molecule is CCOc1ccc2c(CCC(=O)O)cn(S(=O)(=O)c3cc(C)sc3C)c2c1. The molecule has 0 amide bonds. The molecule has 0 unspecified atom stereocenters. The van der Waals surface area contributed by atoms with Crippen molar-refractivity contribution in [2.24, 2.45) is 0 Å². The van der Waals surface area contributed by atoms with Crippen molar-refractivity contribution in [1.82, 2.24) is 3.97 Å². The summed E-state index contributed by atoms with van der Waals surface area (Å²) in [6.45, 7) is 5.98. The number of aliphatic carboxylic acids is 1. The topological polar surface area (TPSA) is 85.6 Å². The molecule has 2 heterocycles. The molecule has 3 aromatic rings. The number of carbonyl (C=O) groups is 1. The van der Waals surface area contributed by atoms with Crippen LogP contribution in [0.2, 0.25) is 0 Å². The number of nitrogens with zero attached hydrogens (tertiary/aromatic N) is 1. The number of carboxylic acids is 1. The van der Waals surface area contributed by atoms with Gasteiger partial charge in [-0.25, -0.2) is 12.4 Å². The second-order valence-electron chi connectivity index (χ2n) is 6.24. The molecule has 0 bridgehead atoms. The largest absolute Gasteiger partial charge is 0.494 e. The van der Waals surface area contributed by atoms with E-state index in [0.29, 0.717) is 28.8 Å². The molecule has 0 saturated heterocycles. The zero-order valence-corrected chi connectivity index (χ0v) is 17.0. The van der Waals surface area contributed by atoms with Gasteiger partial charge >= 0.3 is 5.97 Å². The molecular formula is C19H21NO5S2. The third-order valence-corrected chi connectivity index (χ3v) is 7.17. The van der Waals surface area contributed by atoms with Crippen molar-refractivity contribution >= 4 is 38.2 Å². The van der Waals surface area contributed by atoms with Gasteiger partial charge in [0, 0.05) is 33.8 Å². The van der Waals surface area contributed by atoms with Crippen molar-refractivity contribution in [3.8, 4) is 5.75 Å². The van der Waals surface area contributed by atoms with Crippen LogP contribution in [0.5, 0.6) is 5.75 Å². The number of hydrogen-bond acceptors (Lipinski definition) is 5. The highest BCUT2D eigenvalue weighted by atomic mass is 32.2. The molecule has 27 heavy (non-hydrogen) atoms. The summed E-state index contributed by atoms with van der Waals surface area (Å²) in [6.07, 6.45) is 1.72. The molecule has 0 saturated carbocycles. The number of ether oxygens (including phenoxy) is 1. The maximum absolute atomic E-state index is 13.3. The zero-order chi connectivity index (χ0) is 19.8. The lowest BCUT2D eigenvalue weighted by Crippen LogP contribution is -2.12. The van der Waals surface area contributed by atoms with Crippen LogP contribution in [0.1, 0.15) is 28.7 Å². The van der Waals surface area contributed by atoms with Gasteiger partial charge < -0.3 is 9.84 Å². The molecule has 1 N–H and O–H groups in total. The minimum Gasteiger partial charge on any atom is -0.494 e. The third kappa shape index (κ3) is 3.72. The smallest absolute Gasteiger partial charge is 0.303 e. The summed E-state index contributed by atoms with van der Waals surface area (Å²) in [5.41, 5.74) is 1.17. The summed E-state index contributed by atoms with van der Waals surface area (Å²) >= 11 is 1.43. The molecule has 2 aromatic heterocycles. The van der Waals surface area contributed by atoms with Crippen LogP contribution in [0.4, 0.5) is 0 Å². The highest BCUT2D eigenvalue weighted by Gasteiger charge is 2.25. The van der Waals surface area contributed by atoms with Gasteiger partial charge in [-0.1, -0.05) is 0 Å².